The van der Waals surface area contributed by atoms with Crippen molar-refractivity contribution in [3.63, 3.8) is 0 Å². The summed E-state index contributed by atoms with van der Waals surface area (Å²) in [4.78, 5) is 6.18. The second-order valence-electron chi connectivity index (χ2n) is 4.68. The summed E-state index contributed by atoms with van der Waals surface area (Å²) in [6.45, 7) is 3.38. The van der Waals surface area contributed by atoms with Crippen LogP contribution < -0.4 is 4.90 Å². The fourth-order valence-corrected chi connectivity index (χ4v) is 2.26. The molecule has 1 unspecified atom stereocenters. The van der Waals surface area contributed by atoms with Gasteiger partial charge in [0.2, 0.25) is 0 Å². The van der Waals surface area contributed by atoms with Gasteiger partial charge in [0.1, 0.15) is 0 Å². The number of piperidine rings is 1. The molecule has 0 amide bonds. The highest BCUT2D eigenvalue weighted by molar-refractivity contribution is 5.52. The minimum absolute atomic E-state index is 0.0104. The summed E-state index contributed by atoms with van der Waals surface area (Å²) in [5.74, 6) is 0. The Morgan fingerprint density at radius 1 is 1.56 bits per heavy atom. The smallest absolute Gasteiger partial charge is 0.0794 e. The van der Waals surface area contributed by atoms with Crippen LogP contribution in [0.5, 0.6) is 0 Å². The van der Waals surface area contributed by atoms with Crippen molar-refractivity contribution in [1.82, 2.24) is 4.98 Å². The van der Waals surface area contributed by atoms with Gasteiger partial charge in [-0.1, -0.05) is 0 Å². The van der Waals surface area contributed by atoms with E-state index in [-0.39, 0.29) is 6.61 Å². The zero-order valence-electron chi connectivity index (χ0n) is 9.56. The van der Waals surface area contributed by atoms with Gasteiger partial charge in [-0.3, -0.25) is 4.98 Å². The molecule has 1 saturated heterocycles. The Morgan fingerprint density at radius 3 is 3.06 bits per heavy atom. The number of nitrogens with zero attached hydrogens (tertiary/aromatic N) is 2. The Labute approximate surface area is 95.5 Å². The number of pyridine rings is 1. The third-order valence-corrected chi connectivity index (χ3v) is 3.07. The maximum Gasteiger partial charge on any atom is 0.0794 e. The zero-order chi connectivity index (χ0) is 11.6. The molecule has 0 saturated carbocycles. The molecule has 1 atom stereocenters. The van der Waals surface area contributed by atoms with E-state index < -0.39 is 5.60 Å². The summed E-state index contributed by atoms with van der Waals surface area (Å²) in [6, 6.07) is 1.82. The zero-order valence-corrected chi connectivity index (χ0v) is 9.56. The minimum Gasteiger partial charge on any atom is -0.392 e. The molecule has 88 valence electrons. The summed E-state index contributed by atoms with van der Waals surface area (Å²) in [5, 5.41) is 19.3. The highest BCUT2D eigenvalue weighted by atomic mass is 16.3. The number of β-amino-alcohol motifs (C(OH)–C–C–N with tert-alkyl or cyclic N) is 1. The third-order valence-electron chi connectivity index (χ3n) is 3.07. The van der Waals surface area contributed by atoms with Crippen molar-refractivity contribution >= 4 is 5.69 Å². The highest BCUT2D eigenvalue weighted by Gasteiger charge is 2.29. The maximum absolute atomic E-state index is 10.0. The van der Waals surface area contributed by atoms with Gasteiger partial charge in [0.15, 0.2) is 0 Å². The molecule has 1 aliphatic rings. The van der Waals surface area contributed by atoms with Gasteiger partial charge >= 0.3 is 0 Å². The average Bonchev–Trinajstić information content (AvgIpc) is 2.27. The Hall–Kier alpha value is -1.13. The Balaban J connectivity index is 2.23. The van der Waals surface area contributed by atoms with Crippen LogP contribution in [-0.2, 0) is 6.61 Å². The lowest BCUT2D eigenvalue weighted by atomic mass is 9.94. The van der Waals surface area contributed by atoms with Crippen LogP contribution in [0.4, 0.5) is 5.69 Å². The lowest BCUT2D eigenvalue weighted by Gasteiger charge is -2.38. The Kier molecular flexibility index (Phi) is 3.12. The van der Waals surface area contributed by atoms with Crippen LogP contribution in [0.1, 0.15) is 25.3 Å². The summed E-state index contributed by atoms with van der Waals surface area (Å²) < 4.78 is 0. The molecule has 0 aliphatic carbocycles. The standard InChI is InChI=1S/C12H18N2O2/c1-12(16)4-2-6-14(9-12)11-7-13-5-3-10(11)8-15/h3,5,7,15-16H,2,4,6,8-9H2,1H3. The van der Waals surface area contributed by atoms with Gasteiger partial charge in [0.05, 0.1) is 24.1 Å². The van der Waals surface area contributed by atoms with Gasteiger partial charge in [-0.2, -0.15) is 0 Å². The van der Waals surface area contributed by atoms with Crippen LogP contribution in [-0.4, -0.2) is 33.9 Å². The molecule has 4 heteroatoms. The number of hydrogen-bond acceptors (Lipinski definition) is 4. The second kappa shape index (κ2) is 4.39. The van der Waals surface area contributed by atoms with Gasteiger partial charge in [-0.25, -0.2) is 0 Å². The molecule has 1 aliphatic heterocycles. The first-order valence-electron chi connectivity index (χ1n) is 5.63. The van der Waals surface area contributed by atoms with Crippen LogP contribution in [0.3, 0.4) is 0 Å². The normalized spacial score (nSPS) is 25.8. The van der Waals surface area contributed by atoms with E-state index in [4.69, 9.17) is 0 Å². The Bertz CT molecular complexity index is 366. The lowest BCUT2D eigenvalue weighted by molar-refractivity contribution is 0.0448. The lowest BCUT2D eigenvalue weighted by Crippen LogP contribution is -2.46. The molecule has 16 heavy (non-hydrogen) atoms. The van der Waals surface area contributed by atoms with Gasteiger partial charge in [0, 0.05) is 24.8 Å². The fourth-order valence-electron chi connectivity index (χ4n) is 2.26. The number of rotatable bonds is 2. The molecule has 2 rings (SSSR count). The predicted molar refractivity (Wildman–Crippen MR) is 62.2 cm³/mol. The summed E-state index contributed by atoms with van der Waals surface area (Å²) in [7, 11) is 0. The van der Waals surface area contributed by atoms with Crippen LogP contribution in [0.25, 0.3) is 0 Å². The van der Waals surface area contributed by atoms with Crippen LogP contribution in [0.15, 0.2) is 18.5 Å². The van der Waals surface area contributed by atoms with Crippen molar-refractivity contribution in [3.8, 4) is 0 Å². The molecule has 2 heterocycles. The first-order chi connectivity index (χ1) is 7.62. The van der Waals surface area contributed by atoms with Crippen LogP contribution in [0, 0.1) is 0 Å². The quantitative estimate of drug-likeness (QED) is 0.781. The van der Waals surface area contributed by atoms with E-state index in [2.05, 4.69) is 9.88 Å². The fraction of sp³-hybridized carbons (Fsp3) is 0.583. The van der Waals surface area contributed by atoms with Crippen molar-refractivity contribution in [1.29, 1.82) is 0 Å². The molecule has 0 aromatic carbocycles. The van der Waals surface area contributed by atoms with E-state index in [0.29, 0.717) is 6.54 Å². The van der Waals surface area contributed by atoms with E-state index in [0.717, 1.165) is 30.6 Å². The Morgan fingerprint density at radius 2 is 2.38 bits per heavy atom. The SMILES string of the molecule is CC1(O)CCCN(c2cnccc2CO)C1. The molecular weight excluding hydrogens is 204 g/mol. The molecule has 1 fully saturated rings. The summed E-state index contributed by atoms with van der Waals surface area (Å²) in [5.41, 5.74) is 1.17. The van der Waals surface area contributed by atoms with E-state index in [1.54, 1.807) is 12.4 Å². The summed E-state index contributed by atoms with van der Waals surface area (Å²) in [6.07, 6.45) is 5.23. The van der Waals surface area contributed by atoms with Crippen molar-refractivity contribution in [3.05, 3.63) is 24.0 Å². The van der Waals surface area contributed by atoms with E-state index in [9.17, 15) is 10.2 Å². The molecular formula is C12H18N2O2. The molecule has 2 N–H and O–H groups in total. The number of aliphatic hydroxyl groups is 2. The van der Waals surface area contributed by atoms with Crippen molar-refractivity contribution in [2.45, 2.75) is 32.0 Å². The van der Waals surface area contributed by atoms with E-state index >= 15 is 0 Å². The molecule has 0 radical (unpaired) electrons. The maximum atomic E-state index is 10.0. The van der Waals surface area contributed by atoms with Crippen LogP contribution in [0.2, 0.25) is 0 Å². The molecule has 1 aromatic rings. The molecule has 0 bridgehead atoms. The number of aliphatic hydroxyl groups excluding tert-OH is 1. The van der Waals surface area contributed by atoms with Gasteiger partial charge in [-0.15, -0.1) is 0 Å². The van der Waals surface area contributed by atoms with Gasteiger partial charge in [-0.05, 0) is 25.8 Å². The largest absolute Gasteiger partial charge is 0.392 e. The first-order valence-corrected chi connectivity index (χ1v) is 5.63. The average molecular weight is 222 g/mol. The molecule has 4 nitrogen and oxygen atoms in total. The van der Waals surface area contributed by atoms with Crippen molar-refractivity contribution in [2.75, 3.05) is 18.0 Å². The predicted octanol–water partition coefficient (Wildman–Crippen LogP) is 0.925. The van der Waals surface area contributed by atoms with Crippen LogP contribution >= 0.6 is 0 Å². The van der Waals surface area contributed by atoms with Crippen molar-refractivity contribution in [2.24, 2.45) is 0 Å². The molecule has 1 aromatic heterocycles. The van der Waals surface area contributed by atoms with Gasteiger partial charge in [0.25, 0.3) is 0 Å². The second-order valence-corrected chi connectivity index (χ2v) is 4.68. The summed E-state index contributed by atoms with van der Waals surface area (Å²) >= 11 is 0. The topological polar surface area (TPSA) is 56.6 Å². The van der Waals surface area contributed by atoms with Gasteiger partial charge < -0.3 is 15.1 Å². The highest BCUT2D eigenvalue weighted by Crippen LogP contribution is 2.27. The van der Waals surface area contributed by atoms with E-state index in [1.807, 2.05) is 13.0 Å². The monoisotopic (exact) mass is 222 g/mol. The molecule has 0 spiro atoms. The third kappa shape index (κ3) is 2.33. The number of hydrogen-bond donors (Lipinski definition) is 2. The number of anilines is 1. The number of aromatic nitrogens is 1. The first kappa shape index (κ1) is 11.4. The minimum atomic E-state index is -0.638. The van der Waals surface area contributed by atoms with E-state index in [1.165, 1.54) is 0 Å². The van der Waals surface area contributed by atoms with Crippen molar-refractivity contribution < 1.29 is 10.2 Å².